The van der Waals surface area contributed by atoms with Crippen molar-refractivity contribution in [2.24, 2.45) is 0 Å². The maximum atomic E-state index is 12.4. The van der Waals surface area contributed by atoms with Crippen LogP contribution in [0.15, 0.2) is 27.4 Å². The number of aromatic carboxylic acids is 1. The first-order valence-electron chi connectivity index (χ1n) is 7.25. The van der Waals surface area contributed by atoms with E-state index in [9.17, 15) is 19.8 Å². The van der Waals surface area contributed by atoms with Gasteiger partial charge in [0.15, 0.2) is 11.2 Å². The molecule has 0 aliphatic carbocycles. The normalized spacial score (nSPS) is 12.5. The summed E-state index contributed by atoms with van der Waals surface area (Å²) in [6.45, 7) is 7.32. The summed E-state index contributed by atoms with van der Waals surface area (Å²) in [6.07, 6.45) is -0.707. The van der Waals surface area contributed by atoms with E-state index in [1.165, 1.54) is 0 Å². The van der Waals surface area contributed by atoms with Gasteiger partial charge in [0, 0.05) is 11.6 Å². The third kappa shape index (κ3) is 4.39. The maximum absolute atomic E-state index is 12.4. The number of hydrogen-bond donors (Lipinski definition) is 1. The summed E-state index contributed by atoms with van der Waals surface area (Å²) in [5, 5.41) is 20.5. The number of aliphatic hydroxyl groups excluding tert-OH is 1. The van der Waals surface area contributed by atoms with Gasteiger partial charge in [0.25, 0.3) is 0 Å². The Bertz CT molecular complexity index is 801. The van der Waals surface area contributed by atoms with E-state index in [4.69, 9.17) is 9.15 Å². The van der Waals surface area contributed by atoms with Crippen molar-refractivity contribution in [1.82, 2.24) is 0 Å². The maximum Gasteiger partial charge on any atom is 1.00 e. The molecule has 2 aromatic rings. The predicted molar refractivity (Wildman–Crippen MR) is 82.7 cm³/mol. The van der Waals surface area contributed by atoms with Gasteiger partial charge in [-0.1, -0.05) is 26.8 Å². The summed E-state index contributed by atoms with van der Waals surface area (Å²) in [7, 11) is 0. The topological polar surface area (TPSA) is 99.8 Å². The van der Waals surface area contributed by atoms with Crippen LogP contribution < -0.4 is 44.8 Å². The van der Waals surface area contributed by atoms with E-state index in [-0.39, 0.29) is 58.3 Å². The second-order valence-corrected chi connectivity index (χ2v) is 6.49. The molecule has 0 amide bonds. The summed E-state index contributed by atoms with van der Waals surface area (Å²) >= 11 is 0. The molecule has 7 heteroatoms. The van der Waals surface area contributed by atoms with Crippen molar-refractivity contribution in [3.8, 4) is 5.75 Å². The summed E-state index contributed by atoms with van der Waals surface area (Å²) in [4.78, 5) is 23.4. The summed E-state index contributed by atoms with van der Waals surface area (Å²) < 4.78 is 10.9. The van der Waals surface area contributed by atoms with Crippen molar-refractivity contribution in [2.45, 2.75) is 39.2 Å². The zero-order chi connectivity index (χ0) is 17.4. The van der Waals surface area contributed by atoms with Crippen LogP contribution in [-0.4, -0.2) is 23.8 Å². The molecule has 1 aromatic heterocycles. The van der Waals surface area contributed by atoms with E-state index in [1.54, 1.807) is 19.1 Å². The molecule has 124 valence electrons. The van der Waals surface area contributed by atoms with Crippen molar-refractivity contribution in [2.75, 3.05) is 6.61 Å². The average molecular weight is 342 g/mol. The summed E-state index contributed by atoms with van der Waals surface area (Å²) in [5.74, 6) is -1.84. The van der Waals surface area contributed by atoms with E-state index in [2.05, 4.69) is 0 Å². The van der Waals surface area contributed by atoms with Gasteiger partial charge in [-0.25, -0.2) is 0 Å². The molecular weight excluding hydrogens is 323 g/mol. The summed E-state index contributed by atoms with van der Waals surface area (Å²) in [6, 6.07) is 4.22. The van der Waals surface area contributed by atoms with Crippen LogP contribution in [-0.2, 0) is 5.41 Å². The molecule has 1 N–H and O–H groups in total. The average Bonchev–Trinajstić information content (AvgIpc) is 2.42. The van der Waals surface area contributed by atoms with Crippen LogP contribution >= 0.6 is 0 Å². The van der Waals surface area contributed by atoms with Gasteiger partial charge in [-0.15, -0.1) is 0 Å². The second-order valence-electron chi connectivity index (χ2n) is 6.49. The Morgan fingerprint density at radius 3 is 2.50 bits per heavy atom. The number of fused-ring (bicyclic) bond motifs is 1. The van der Waals surface area contributed by atoms with Gasteiger partial charge in [-0.05, 0) is 18.4 Å². The van der Waals surface area contributed by atoms with Crippen LogP contribution in [0.3, 0.4) is 0 Å². The molecule has 0 aliphatic heterocycles. The SMILES string of the molecule is CC(O)COc1ccc(C(C)(C)C)c2oc(C(=O)[O-])cc(=O)c12.[Na+]. The smallest absolute Gasteiger partial charge is 0.542 e. The molecule has 0 spiro atoms. The number of hydrogen-bond acceptors (Lipinski definition) is 6. The first-order valence-corrected chi connectivity index (χ1v) is 7.25. The van der Waals surface area contributed by atoms with Crippen LogP contribution in [0.25, 0.3) is 11.0 Å². The minimum atomic E-state index is -1.56. The number of carbonyl (C=O) groups excluding carboxylic acids is 1. The standard InChI is InChI=1S/C17H20O6.Na/c1-9(18)8-22-12-6-5-10(17(2,3)4)15-14(12)11(19)7-13(23-15)16(20)21;/h5-7,9,18H,8H2,1-4H3,(H,20,21);/q;+1/p-1. The third-order valence-electron chi connectivity index (χ3n) is 3.33. The van der Waals surface area contributed by atoms with E-state index in [0.717, 1.165) is 6.07 Å². The second kappa shape index (κ2) is 7.70. The zero-order valence-corrected chi connectivity index (χ0v) is 16.5. The molecule has 0 fully saturated rings. The van der Waals surface area contributed by atoms with E-state index in [0.29, 0.717) is 5.56 Å². The number of benzene rings is 1. The van der Waals surface area contributed by atoms with Gasteiger partial charge >= 0.3 is 29.6 Å². The molecule has 1 unspecified atom stereocenters. The number of rotatable bonds is 4. The molecule has 1 heterocycles. The fraction of sp³-hybridized carbons (Fsp3) is 0.412. The van der Waals surface area contributed by atoms with E-state index >= 15 is 0 Å². The molecule has 0 bridgehead atoms. The number of carboxylic acids is 1. The number of carboxylic acid groups (broad SMARTS) is 1. The van der Waals surface area contributed by atoms with Gasteiger partial charge in [0.1, 0.15) is 29.3 Å². The van der Waals surface area contributed by atoms with Gasteiger partial charge < -0.3 is 24.2 Å². The molecule has 1 aromatic carbocycles. The van der Waals surface area contributed by atoms with Gasteiger partial charge in [-0.2, -0.15) is 0 Å². The molecule has 0 aliphatic rings. The Kier molecular flexibility index (Phi) is 6.64. The number of carbonyl (C=O) groups is 1. The Balaban J connectivity index is 0.00000288. The Hall–Kier alpha value is -1.34. The van der Waals surface area contributed by atoms with E-state index < -0.39 is 23.3 Å². The first-order chi connectivity index (χ1) is 10.6. The molecule has 0 radical (unpaired) electrons. The molecule has 0 saturated heterocycles. The minimum Gasteiger partial charge on any atom is -0.542 e. The quantitative estimate of drug-likeness (QED) is 0.660. The molecule has 24 heavy (non-hydrogen) atoms. The molecule has 2 rings (SSSR count). The Morgan fingerprint density at radius 2 is 2.00 bits per heavy atom. The van der Waals surface area contributed by atoms with Gasteiger partial charge in [0.05, 0.1) is 6.10 Å². The van der Waals surface area contributed by atoms with Gasteiger partial charge in [0.2, 0.25) is 0 Å². The first kappa shape index (κ1) is 20.7. The fourth-order valence-electron chi connectivity index (χ4n) is 2.26. The zero-order valence-electron chi connectivity index (χ0n) is 14.5. The summed E-state index contributed by atoms with van der Waals surface area (Å²) in [5.41, 5.74) is -0.0665. The fourth-order valence-corrected chi connectivity index (χ4v) is 2.26. The minimum absolute atomic E-state index is 0. The number of ether oxygens (including phenoxy) is 1. The van der Waals surface area contributed by atoms with Crippen LogP contribution in [0.1, 0.15) is 43.8 Å². The van der Waals surface area contributed by atoms with Crippen molar-refractivity contribution in [3.05, 3.63) is 39.7 Å². The molecule has 6 nitrogen and oxygen atoms in total. The molecule has 1 atom stereocenters. The van der Waals surface area contributed by atoms with Crippen LogP contribution in [0.4, 0.5) is 0 Å². The largest absolute Gasteiger partial charge is 1.00 e. The van der Waals surface area contributed by atoms with Crippen molar-refractivity contribution >= 4 is 16.9 Å². The monoisotopic (exact) mass is 342 g/mol. The number of aliphatic hydroxyl groups is 1. The van der Waals surface area contributed by atoms with Crippen molar-refractivity contribution in [1.29, 1.82) is 0 Å². The van der Waals surface area contributed by atoms with Crippen molar-refractivity contribution < 1.29 is 53.7 Å². The van der Waals surface area contributed by atoms with Gasteiger partial charge in [-0.3, -0.25) is 4.79 Å². The molecule has 0 saturated carbocycles. The van der Waals surface area contributed by atoms with Crippen LogP contribution in [0, 0.1) is 0 Å². The third-order valence-corrected chi connectivity index (χ3v) is 3.33. The van der Waals surface area contributed by atoms with Crippen molar-refractivity contribution in [3.63, 3.8) is 0 Å². The Labute approximate surface area is 161 Å². The predicted octanol–water partition coefficient (Wildman–Crippen LogP) is -1.78. The van der Waals surface area contributed by atoms with E-state index in [1.807, 2.05) is 20.8 Å². The van der Waals surface area contributed by atoms with Crippen LogP contribution in [0.5, 0.6) is 5.75 Å². The molecular formula is C17H19NaO6. The van der Waals surface area contributed by atoms with Crippen LogP contribution in [0.2, 0.25) is 0 Å². The Morgan fingerprint density at radius 1 is 1.38 bits per heavy atom.